The summed E-state index contributed by atoms with van der Waals surface area (Å²) >= 11 is 1.92. The number of hydrogen-bond donors (Lipinski definition) is 1. The van der Waals surface area contributed by atoms with Gasteiger partial charge in [-0.1, -0.05) is 0 Å². The predicted molar refractivity (Wildman–Crippen MR) is 81.2 cm³/mol. The summed E-state index contributed by atoms with van der Waals surface area (Å²) in [4.78, 5) is 14.3. The Bertz CT molecular complexity index is 463. The Morgan fingerprint density at radius 2 is 2.45 bits per heavy atom. The summed E-state index contributed by atoms with van der Waals surface area (Å²) < 4.78 is 1.95. The average molecular weight is 294 g/mol. The minimum Gasteiger partial charge on any atom is -0.336 e. The Hall–Kier alpha value is -1.01. The highest BCUT2D eigenvalue weighted by atomic mass is 32.2. The first-order valence-corrected chi connectivity index (χ1v) is 8.52. The smallest absolute Gasteiger partial charge is 0.274 e. The molecule has 20 heavy (non-hydrogen) atoms. The molecule has 0 bridgehead atoms. The van der Waals surface area contributed by atoms with Gasteiger partial charge < -0.3 is 10.2 Å². The minimum absolute atomic E-state index is 0.0556. The summed E-state index contributed by atoms with van der Waals surface area (Å²) in [6.07, 6.45) is 5.35. The van der Waals surface area contributed by atoms with Crippen LogP contribution in [-0.2, 0) is 0 Å². The molecule has 1 amide bonds. The SMILES string of the molecule is CN(C(=O)c1ccn([C@H]2CCCNC2)n1)[C@H]1CCSC1. The average Bonchev–Trinajstić information content (AvgIpc) is 3.18. The number of nitrogens with zero attached hydrogens (tertiary/aromatic N) is 3. The van der Waals surface area contributed by atoms with Gasteiger partial charge in [0, 0.05) is 31.6 Å². The Kier molecular flexibility index (Phi) is 4.31. The molecule has 2 aliphatic rings. The Morgan fingerprint density at radius 3 is 3.15 bits per heavy atom. The van der Waals surface area contributed by atoms with E-state index in [9.17, 15) is 4.79 Å². The largest absolute Gasteiger partial charge is 0.336 e. The van der Waals surface area contributed by atoms with E-state index < -0.39 is 0 Å². The zero-order chi connectivity index (χ0) is 13.9. The molecule has 2 atom stereocenters. The summed E-state index contributed by atoms with van der Waals surface area (Å²) in [5.74, 6) is 2.26. The fraction of sp³-hybridized carbons (Fsp3) is 0.714. The van der Waals surface area contributed by atoms with E-state index in [4.69, 9.17) is 0 Å². The number of aromatic nitrogens is 2. The lowest BCUT2D eigenvalue weighted by molar-refractivity contribution is 0.0740. The topological polar surface area (TPSA) is 50.2 Å². The van der Waals surface area contributed by atoms with Crippen LogP contribution in [0.2, 0.25) is 0 Å². The number of piperidine rings is 1. The van der Waals surface area contributed by atoms with Crippen molar-refractivity contribution < 1.29 is 4.79 Å². The zero-order valence-corrected chi connectivity index (χ0v) is 12.7. The third-order valence-corrected chi connectivity index (χ3v) is 5.39. The quantitative estimate of drug-likeness (QED) is 0.915. The van der Waals surface area contributed by atoms with Crippen molar-refractivity contribution in [3.05, 3.63) is 18.0 Å². The van der Waals surface area contributed by atoms with E-state index in [1.807, 2.05) is 40.7 Å². The molecule has 1 aromatic rings. The Morgan fingerprint density at radius 1 is 1.55 bits per heavy atom. The van der Waals surface area contributed by atoms with Crippen LogP contribution in [0.5, 0.6) is 0 Å². The van der Waals surface area contributed by atoms with Gasteiger partial charge in [-0.05, 0) is 37.6 Å². The van der Waals surface area contributed by atoms with Gasteiger partial charge >= 0.3 is 0 Å². The highest BCUT2D eigenvalue weighted by molar-refractivity contribution is 7.99. The predicted octanol–water partition coefficient (Wildman–Crippen LogP) is 1.39. The molecule has 110 valence electrons. The first-order chi connectivity index (χ1) is 9.75. The summed E-state index contributed by atoms with van der Waals surface area (Å²) in [5.41, 5.74) is 0.579. The zero-order valence-electron chi connectivity index (χ0n) is 11.9. The maximum Gasteiger partial charge on any atom is 0.274 e. The van der Waals surface area contributed by atoms with Crippen molar-refractivity contribution in [2.45, 2.75) is 31.3 Å². The molecule has 3 rings (SSSR count). The highest BCUT2D eigenvalue weighted by Gasteiger charge is 2.26. The fourth-order valence-corrected chi connectivity index (χ4v) is 4.16. The van der Waals surface area contributed by atoms with E-state index in [1.54, 1.807) is 0 Å². The van der Waals surface area contributed by atoms with Crippen LogP contribution in [0.1, 0.15) is 35.8 Å². The second kappa shape index (κ2) is 6.18. The van der Waals surface area contributed by atoms with Gasteiger partial charge in [0.2, 0.25) is 0 Å². The molecule has 2 fully saturated rings. The molecule has 0 aromatic carbocycles. The monoisotopic (exact) mass is 294 g/mol. The van der Waals surface area contributed by atoms with Crippen LogP contribution in [0.4, 0.5) is 0 Å². The molecule has 0 unspecified atom stereocenters. The second-order valence-corrected chi connectivity index (χ2v) is 6.76. The van der Waals surface area contributed by atoms with Crippen LogP contribution in [-0.4, -0.2) is 58.3 Å². The van der Waals surface area contributed by atoms with Crippen LogP contribution in [0, 0.1) is 0 Å². The molecule has 0 aliphatic carbocycles. The van der Waals surface area contributed by atoms with Gasteiger partial charge in [0.1, 0.15) is 5.69 Å². The molecule has 2 aliphatic heterocycles. The van der Waals surface area contributed by atoms with E-state index in [0.717, 1.165) is 37.4 Å². The third kappa shape index (κ3) is 2.86. The molecule has 3 heterocycles. The number of carbonyl (C=O) groups excluding carboxylic acids is 1. The molecule has 0 spiro atoms. The number of carbonyl (C=O) groups is 1. The maximum atomic E-state index is 12.5. The summed E-state index contributed by atoms with van der Waals surface area (Å²) in [5, 5.41) is 7.89. The van der Waals surface area contributed by atoms with Gasteiger partial charge in [-0.15, -0.1) is 0 Å². The Balaban J connectivity index is 1.67. The molecule has 1 aromatic heterocycles. The van der Waals surface area contributed by atoms with Crippen LogP contribution < -0.4 is 5.32 Å². The van der Waals surface area contributed by atoms with Gasteiger partial charge in [-0.25, -0.2) is 0 Å². The molecule has 0 radical (unpaired) electrons. The van der Waals surface area contributed by atoms with Gasteiger partial charge in [0.05, 0.1) is 6.04 Å². The van der Waals surface area contributed by atoms with Crippen LogP contribution in [0.3, 0.4) is 0 Å². The first-order valence-electron chi connectivity index (χ1n) is 7.36. The number of nitrogens with one attached hydrogen (secondary N) is 1. The fourth-order valence-electron chi connectivity index (χ4n) is 2.89. The first kappa shape index (κ1) is 13.9. The van der Waals surface area contributed by atoms with Crippen molar-refractivity contribution in [1.82, 2.24) is 20.0 Å². The van der Waals surface area contributed by atoms with Gasteiger partial charge in [0.25, 0.3) is 5.91 Å². The van der Waals surface area contributed by atoms with Crippen molar-refractivity contribution in [1.29, 1.82) is 0 Å². The molecular formula is C14H22N4OS. The lowest BCUT2D eigenvalue weighted by atomic mass is 10.1. The Labute approximate surface area is 124 Å². The van der Waals surface area contributed by atoms with E-state index in [0.29, 0.717) is 17.8 Å². The summed E-state index contributed by atoms with van der Waals surface area (Å²) in [6.45, 7) is 2.04. The molecule has 5 nitrogen and oxygen atoms in total. The number of amides is 1. The summed E-state index contributed by atoms with van der Waals surface area (Å²) in [6, 6.07) is 2.61. The number of thioether (sulfide) groups is 1. The van der Waals surface area contributed by atoms with E-state index in [1.165, 1.54) is 6.42 Å². The molecular weight excluding hydrogens is 272 g/mol. The van der Waals surface area contributed by atoms with Crippen molar-refractivity contribution in [2.24, 2.45) is 0 Å². The van der Waals surface area contributed by atoms with Crippen molar-refractivity contribution >= 4 is 17.7 Å². The van der Waals surface area contributed by atoms with Crippen molar-refractivity contribution in [3.63, 3.8) is 0 Å². The van der Waals surface area contributed by atoms with Crippen LogP contribution in [0.25, 0.3) is 0 Å². The van der Waals surface area contributed by atoms with E-state index >= 15 is 0 Å². The highest BCUT2D eigenvalue weighted by Crippen LogP contribution is 2.23. The molecule has 1 N–H and O–H groups in total. The lowest BCUT2D eigenvalue weighted by Crippen LogP contribution is -2.37. The van der Waals surface area contributed by atoms with Gasteiger partial charge in [-0.2, -0.15) is 16.9 Å². The van der Waals surface area contributed by atoms with E-state index in [-0.39, 0.29) is 5.91 Å². The third-order valence-electron chi connectivity index (χ3n) is 4.25. The summed E-state index contributed by atoms with van der Waals surface area (Å²) in [7, 11) is 1.90. The van der Waals surface area contributed by atoms with Crippen LogP contribution in [0.15, 0.2) is 12.3 Å². The number of rotatable bonds is 3. The standard InChI is InChI=1S/C14H22N4OS/c1-17(12-5-8-20-10-12)14(19)13-4-7-18(16-13)11-3-2-6-15-9-11/h4,7,11-12,15H,2-3,5-6,8-10H2,1H3/t11-,12-/m0/s1. The molecule has 2 saturated heterocycles. The van der Waals surface area contributed by atoms with Crippen molar-refractivity contribution in [2.75, 3.05) is 31.6 Å². The minimum atomic E-state index is 0.0556. The lowest BCUT2D eigenvalue weighted by Gasteiger charge is -2.24. The van der Waals surface area contributed by atoms with E-state index in [2.05, 4.69) is 10.4 Å². The van der Waals surface area contributed by atoms with Gasteiger partial charge in [-0.3, -0.25) is 9.48 Å². The van der Waals surface area contributed by atoms with Crippen molar-refractivity contribution in [3.8, 4) is 0 Å². The molecule has 0 saturated carbocycles. The van der Waals surface area contributed by atoms with Gasteiger partial charge in [0.15, 0.2) is 0 Å². The number of hydrogen-bond acceptors (Lipinski definition) is 4. The second-order valence-electron chi connectivity index (χ2n) is 5.61. The molecule has 6 heteroatoms. The maximum absolute atomic E-state index is 12.5. The van der Waals surface area contributed by atoms with Crippen LogP contribution >= 0.6 is 11.8 Å². The normalized spacial score (nSPS) is 26.6.